The lowest BCUT2D eigenvalue weighted by Gasteiger charge is -2.08. The number of hydrogen-bond donors (Lipinski definition) is 2. The van der Waals surface area contributed by atoms with E-state index in [0.717, 1.165) is 28.0 Å². The van der Waals surface area contributed by atoms with Crippen LogP contribution >= 0.6 is 0 Å². The molecule has 0 spiro atoms. The summed E-state index contributed by atoms with van der Waals surface area (Å²) in [7, 11) is 0. The maximum Gasteiger partial charge on any atom is 0.0719 e. The highest BCUT2D eigenvalue weighted by Gasteiger charge is 2.06. The van der Waals surface area contributed by atoms with Gasteiger partial charge in [-0.3, -0.25) is 4.98 Å². The number of nitrogens with one attached hydrogen (secondary N) is 2. The third-order valence-electron chi connectivity index (χ3n) is 2.47. The summed E-state index contributed by atoms with van der Waals surface area (Å²) >= 11 is 0. The van der Waals surface area contributed by atoms with Crippen molar-refractivity contribution < 1.29 is 0 Å². The number of hydrogen-bond acceptors (Lipinski definition) is 3. The van der Waals surface area contributed by atoms with Gasteiger partial charge >= 0.3 is 0 Å². The molecule has 0 aromatic carbocycles. The van der Waals surface area contributed by atoms with E-state index in [9.17, 15) is 0 Å². The zero-order valence-corrected chi connectivity index (χ0v) is 10.2. The maximum absolute atomic E-state index is 7.59. The van der Waals surface area contributed by atoms with Gasteiger partial charge in [-0.25, -0.2) is 0 Å². The molecule has 1 aromatic rings. The molecule has 0 bridgehead atoms. The van der Waals surface area contributed by atoms with Crippen LogP contribution in [0.4, 0.5) is 0 Å². The van der Waals surface area contributed by atoms with Crippen LogP contribution in [0.15, 0.2) is 17.8 Å². The largest absolute Gasteiger partial charge is 0.308 e. The highest BCUT2D eigenvalue weighted by Crippen LogP contribution is 2.17. The molecular formula is C13H17N3. The van der Waals surface area contributed by atoms with Crippen molar-refractivity contribution in [2.24, 2.45) is 0 Å². The van der Waals surface area contributed by atoms with Crippen molar-refractivity contribution in [3.05, 3.63) is 34.7 Å². The van der Waals surface area contributed by atoms with Crippen LogP contribution in [0.3, 0.4) is 0 Å². The molecule has 0 radical (unpaired) electrons. The van der Waals surface area contributed by atoms with Crippen LogP contribution in [-0.2, 0) is 0 Å². The van der Waals surface area contributed by atoms with Gasteiger partial charge in [0.1, 0.15) is 0 Å². The predicted octanol–water partition coefficient (Wildman–Crippen LogP) is 3.22. The first-order valence-corrected chi connectivity index (χ1v) is 5.18. The normalized spacial score (nSPS) is 9.75. The second-order valence-corrected chi connectivity index (χ2v) is 4.07. The van der Waals surface area contributed by atoms with Crippen LogP contribution in [0.1, 0.15) is 37.6 Å². The molecule has 84 valence electrons. The van der Waals surface area contributed by atoms with Crippen molar-refractivity contribution in [2.45, 2.75) is 27.7 Å². The van der Waals surface area contributed by atoms with E-state index in [1.807, 2.05) is 26.8 Å². The van der Waals surface area contributed by atoms with Crippen molar-refractivity contribution >= 4 is 17.5 Å². The van der Waals surface area contributed by atoms with E-state index >= 15 is 0 Å². The number of pyridine rings is 1. The number of aryl methyl sites for hydroxylation is 1. The highest BCUT2D eigenvalue weighted by molar-refractivity contribution is 6.08. The first kappa shape index (κ1) is 12.3. The number of aromatic nitrogens is 1. The Balaban J connectivity index is 3.31. The van der Waals surface area contributed by atoms with E-state index in [-0.39, 0.29) is 0 Å². The summed E-state index contributed by atoms with van der Waals surface area (Å²) in [6, 6.07) is 1.93. The smallest absolute Gasteiger partial charge is 0.0719 e. The molecule has 0 atom stereocenters. The topological polar surface area (TPSA) is 60.6 Å². The van der Waals surface area contributed by atoms with Crippen LogP contribution in [0.5, 0.6) is 0 Å². The highest BCUT2D eigenvalue weighted by atomic mass is 14.7. The molecule has 1 heterocycles. The molecule has 0 aliphatic heterocycles. The molecule has 3 heteroatoms. The number of allylic oxidation sites excluding steroid dienone is 2. The van der Waals surface area contributed by atoms with E-state index in [1.165, 1.54) is 6.21 Å². The van der Waals surface area contributed by atoms with Crippen molar-refractivity contribution in [1.82, 2.24) is 4.98 Å². The molecule has 0 aliphatic rings. The summed E-state index contributed by atoms with van der Waals surface area (Å²) in [5.74, 6) is 0. The molecule has 0 saturated carbocycles. The fraction of sp³-hybridized carbons (Fsp3) is 0.308. The monoisotopic (exact) mass is 215 g/mol. The van der Waals surface area contributed by atoms with Gasteiger partial charge in [-0.2, -0.15) is 0 Å². The van der Waals surface area contributed by atoms with Gasteiger partial charge in [0, 0.05) is 29.3 Å². The molecule has 0 aliphatic carbocycles. The Morgan fingerprint density at radius 2 is 1.94 bits per heavy atom. The average molecular weight is 215 g/mol. The zero-order valence-electron chi connectivity index (χ0n) is 10.2. The van der Waals surface area contributed by atoms with E-state index in [4.69, 9.17) is 10.8 Å². The fourth-order valence-electron chi connectivity index (χ4n) is 1.57. The average Bonchev–Trinajstić information content (AvgIpc) is 2.17. The molecule has 2 N–H and O–H groups in total. The molecule has 1 rings (SSSR count). The van der Waals surface area contributed by atoms with E-state index < -0.39 is 0 Å². The zero-order chi connectivity index (χ0) is 12.3. The SMILES string of the molecule is CC(=N)c1cnc(C(C=N)=C(C)C)cc1C. The minimum Gasteiger partial charge on any atom is -0.308 e. The van der Waals surface area contributed by atoms with Crippen LogP contribution in [0, 0.1) is 17.7 Å². The van der Waals surface area contributed by atoms with E-state index in [2.05, 4.69) is 4.98 Å². The van der Waals surface area contributed by atoms with Gasteiger partial charge in [-0.15, -0.1) is 0 Å². The summed E-state index contributed by atoms with van der Waals surface area (Å²) in [6.45, 7) is 7.65. The van der Waals surface area contributed by atoms with E-state index in [0.29, 0.717) is 5.71 Å². The van der Waals surface area contributed by atoms with Gasteiger partial charge in [0.2, 0.25) is 0 Å². The summed E-state index contributed by atoms with van der Waals surface area (Å²) in [5.41, 5.74) is 5.13. The van der Waals surface area contributed by atoms with E-state index in [1.54, 1.807) is 13.1 Å². The molecule has 1 aromatic heterocycles. The molecule has 3 nitrogen and oxygen atoms in total. The quantitative estimate of drug-likeness (QED) is 0.747. The van der Waals surface area contributed by atoms with Gasteiger partial charge in [0.05, 0.1) is 5.69 Å². The van der Waals surface area contributed by atoms with Gasteiger partial charge in [-0.05, 0) is 39.3 Å². The standard InChI is InChI=1S/C13H17N3/c1-8(2)11(6-14)13-5-9(3)12(7-16-13)10(4)15/h5-7,14-15H,1-4H3. The minimum absolute atomic E-state index is 0.519. The number of nitrogens with zero attached hydrogens (tertiary/aromatic N) is 1. The second-order valence-electron chi connectivity index (χ2n) is 4.07. The lowest BCUT2D eigenvalue weighted by Crippen LogP contribution is -2.01. The van der Waals surface area contributed by atoms with Crippen molar-refractivity contribution in [2.75, 3.05) is 0 Å². The fourth-order valence-corrected chi connectivity index (χ4v) is 1.57. The Labute approximate surface area is 96.3 Å². The van der Waals surface area contributed by atoms with Crippen molar-refractivity contribution in [3.8, 4) is 0 Å². The Kier molecular flexibility index (Phi) is 3.72. The third-order valence-corrected chi connectivity index (χ3v) is 2.47. The van der Waals surface area contributed by atoms with Crippen molar-refractivity contribution in [1.29, 1.82) is 10.8 Å². The Hall–Kier alpha value is -1.77. The third kappa shape index (κ3) is 2.42. The molecule has 0 unspecified atom stereocenters. The van der Waals surface area contributed by atoms with Gasteiger partial charge < -0.3 is 10.8 Å². The molecule has 0 saturated heterocycles. The van der Waals surface area contributed by atoms with Crippen LogP contribution in [-0.4, -0.2) is 16.9 Å². The Morgan fingerprint density at radius 3 is 2.31 bits per heavy atom. The van der Waals surface area contributed by atoms with Crippen LogP contribution in [0.25, 0.3) is 5.57 Å². The summed E-state index contributed by atoms with van der Waals surface area (Å²) in [4.78, 5) is 4.30. The van der Waals surface area contributed by atoms with Gasteiger partial charge in [0.25, 0.3) is 0 Å². The molecule has 0 amide bonds. The van der Waals surface area contributed by atoms with Gasteiger partial charge in [0.15, 0.2) is 0 Å². The maximum atomic E-state index is 7.59. The summed E-state index contributed by atoms with van der Waals surface area (Å²) < 4.78 is 0. The number of rotatable bonds is 3. The summed E-state index contributed by atoms with van der Waals surface area (Å²) in [5, 5.41) is 15.0. The predicted molar refractivity (Wildman–Crippen MR) is 68.5 cm³/mol. The summed E-state index contributed by atoms with van der Waals surface area (Å²) in [6.07, 6.45) is 3.04. The molecular weight excluding hydrogens is 198 g/mol. The molecule has 0 fully saturated rings. The Bertz CT molecular complexity index is 466. The van der Waals surface area contributed by atoms with Crippen LogP contribution < -0.4 is 0 Å². The first-order valence-electron chi connectivity index (χ1n) is 5.18. The lowest BCUT2D eigenvalue weighted by molar-refractivity contribution is 1.21. The molecule has 16 heavy (non-hydrogen) atoms. The minimum atomic E-state index is 0.519. The Morgan fingerprint density at radius 1 is 1.31 bits per heavy atom. The van der Waals surface area contributed by atoms with Crippen molar-refractivity contribution in [3.63, 3.8) is 0 Å². The lowest BCUT2D eigenvalue weighted by atomic mass is 10.0. The van der Waals surface area contributed by atoms with Crippen LogP contribution in [0.2, 0.25) is 0 Å². The second kappa shape index (κ2) is 4.84. The first-order chi connectivity index (χ1) is 7.47. The van der Waals surface area contributed by atoms with Gasteiger partial charge in [-0.1, -0.05) is 5.57 Å².